The highest BCUT2D eigenvalue weighted by Gasteiger charge is 2.69. The number of phenolic OH excluding ortho intramolecular Hbond substituents is 1. The molecule has 0 aliphatic carbocycles. The normalized spacial score (nSPS) is 26.9. The summed E-state index contributed by atoms with van der Waals surface area (Å²) in [5.74, 6) is -31.0. The van der Waals surface area contributed by atoms with Gasteiger partial charge < -0.3 is 132 Å². The first-order valence-corrected chi connectivity index (χ1v) is 48.7. The fourth-order valence-electron chi connectivity index (χ4n) is 16.8. The van der Waals surface area contributed by atoms with Crippen molar-refractivity contribution in [2.45, 2.75) is 196 Å². The molecule has 19 amide bonds. The van der Waals surface area contributed by atoms with Gasteiger partial charge in [0.25, 0.3) is 0 Å². The number of carboxylic acid groups (broad SMARTS) is 4. The van der Waals surface area contributed by atoms with E-state index in [0.717, 1.165) is 37.4 Å². The molecule has 2 unspecified atom stereocenters. The Morgan fingerprint density at radius 1 is 0.415 bits per heavy atom. The number of nitrogens with zero attached hydrogens (tertiary/aromatic N) is 3. The molecule has 768 valence electrons. The molecule has 17 atom stereocenters. The molecule has 25 N–H and O–H groups in total. The zero-order chi connectivity index (χ0) is 105. The molecule has 7 fully saturated rings. The highest BCUT2D eigenvalue weighted by atomic mass is 32.2. The summed E-state index contributed by atoms with van der Waals surface area (Å²) in [6.45, 7) is 7.05. The van der Waals surface area contributed by atoms with Crippen LogP contribution in [-0.4, -0.2) is 341 Å². The van der Waals surface area contributed by atoms with Crippen molar-refractivity contribution >= 4 is 182 Å². The molecule has 4 aromatic rings. The van der Waals surface area contributed by atoms with Crippen molar-refractivity contribution in [3.8, 4) is 5.75 Å². The van der Waals surface area contributed by atoms with Crippen LogP contribution in [0, 0.1) is 16.2 Å². The second-order valence-electron chi connectivity index (χ2n) is 36.6. The Morgan fingerprint density at radius 3 is 1.27 bits per heavy atom. The summed E-state index contributed by atoms with van der Waals surface area (Å²) in [6.07, 6.45) is -8.44. The van der Waals surface area contributed by atoms with Gasteiger partial charge in [0.2, 0.25) is 112 Å². The van der Waals surface area contributed by atoms with Crippen LogP contribution in [0.15, 0.2) is 97.1 Å². The number of rotatable bonds is 21. The topological polar surface area (TPSA) is 750 Å². The molecule has 48 nitrogen and oxygen atoms in total. The number of carbonyl (C=O) groups is 23. The maximum absolute atomic E-state index is 15.4. The maximum Gasteiger partial charge on any atom is 0.305 e. The standard InChI is InChI=1S/C91H118N20O28S3/c1-45(92)75(126)106-63-34-141-37-67(115)110-41-90-39-109-40-91(90,42-110)44-111(43-90)68(116)38-142-35-64(107-77(128)47(3)95-80(131)58(29-51-17-12-16-50-15-10-11-18-53(50)51)102-78(129)54(23-25-69(117)118)97-83(134)59(30-65(93)113)99-76(127)46(2)96-86(63)137)87(138)98-55(24-26-70(119)120)79(130)103-60(31-71(121)122)84(135)101-56(27-48-13-8-7-9-14-48)81(132)100-57(28-49-19-21-52(112)22-20-49)82(133)104-61(32-72(123)124)85(136)108-73(89(4,5)6)88(139)105-62(74(94)125)33-140-36-66(109)114/h7-22,45-47,54-64,73,112H,23-44,92H2,1-6H3,(H2,93,113)(H2,94,125)(H,95,131)(H,96,137)(H,97,134)(H,98,138)(H,99,127)(H,100,132)(H,101,135)(H,102,129)(H,103,130)(H,104,133)(H,105,139)(H,106,126)(H,107,128)(H,108,136)(H,117,118)(H,119,120)(H,121,122)(H,123,124)/t45-,46+,47+,54-,55-,56-,57-,58-,59-,60-,61-,62-,63-,64+,73+,90?,91?/m0/s1. The van der Waals surface area contributed by atoms with Gasteiger partial charge in [-0.05, 0) is 78.6 Å². The molecule has 7 saturated heterocycles. The van der Waals surface area contributed by atoms with Crippen molar-refractivity contribution in [1.82, 2.24) is 89.1 Å². The van der Waals surface area contributed by atoms with Crippen molar-refractivity contribution in [3.63, 3.8) is 0 Å². The van der Waals surface area contributed by atoms with Gasteiger partial charge in [0.15, 0.2) is 0 Å². The predicted molar refractivity (Wildman–Crippen MR) is 509 cm³/mol. The molecule has 142 heavy (non-hydrogen) atoms. The summed E-state index contributed by atoms with van der Waals surface area (Å²) in [7, 11) is 0. The number of nitrogens with one attached hydrogen (secondary N) is 14. The van der Waals surface area contributed by atoms with E-state index in [9.17, 15) is 107 Å². The van der Waals surface area contributed by atoms with Gasteiger partial charge in [-0.1, -0.05) is 106 Å². The number of thioether (sulfide) groups is 3. The molecule has 0 aromatic heterocycles. The van der Waals surface area contributed by atoms with Gasteiger partial charge in [-0.25, -0.2) is 0 Å². The number of fused-ring (bicyclic) bond motifs is 46. The number of primary amides is 2. The monoisotopic (exact) mass is 2030 g/mol. The first-order chi connectivity index (χ1) is 66.9. The van der Waals surface area contributed by atoms with Crippen molar-refractivity contribution in [2.75, 3.05) is 73.8 Å². The van der Waals surface area contributed by atoms with E-state index in [1.807, 2.05) is 0 Å². The van der Waals surface area contributed by atoms with Gasteiger partial charge in [0.05, 0.1) is 42.6 Å². The summed E-state index contributed by atoms with van der Waals surface area (Å²) in [5.41, 5.74) is 14.6. The summed E-state index contributed by atoms with van der Waals surface area (Å²) >= 11 is 2.39. The summed E-state index contributed by atoms with van der Waals surface area (Å²) in [6, 6.07) is -3.23. The molecule has 4 aromatic carbocycles. The van der Waals surface area contributed by atoms with Crippen molar-refractivity contribution in [1.29, 1.82) is 0 Å². The first kappa shape index (κ1) is 111. The molecule has 0 radical (unpaired) electrons. The van der Waals surface area contributed by atoms with Gasteiger partial charge in [0, 0.05) is 99.5 Å². The predicted octanol–water partition coefficient (Wildman–Crippen LogP) is -6.44. The number of amides is 19. The Morgan fingerprint density at radius 2 is 0.803 bits per heavy atom. The molecule has 0 saturated carbocycles. The lowest BCUT2D eigenvalue weighted by Crippen LogP contribution is -2.62. The third-order valence-electron chi connectivity index (χ3n) is 24.4. The van der Waals surface area contributed by atoms with Crippen LogP contribution in [0.2, 0.25) is 0 Å². The van der Waals surface area contributed by atoms with Crippen LogP contribution in [0.4, 0.5) is 0 Å². The highest BCUT2D eigenvalue weighted by molar-refractivity contribution is 8.00. The van der Waals surface area contributed by atoms with Gasteiger partial charge >= 0.3 is 23.9 Å². The molecule has 7 aliphatic heterocycles. The van der Waals surface area contributed by atoms with Crippen LogP contribution < -0.4 is 91.6 Å². The number of benzene rings is 4. The fourth-order valence-corrected chi connectivity index (χ4v) is 19.7. The van der Waals surface area contributed by atoms with Gasteiger partial charge in [-0.2, -0.15) is 0 Å². The van der Waals surface area contributed by atoms with E-state index < -0.39 is 336 Å². The Bertz CT molecular complexity index is 5450. The second kappa shape index (κ2) is 50.2. The van der Waals surface area contributed by atoms with E-state index in [0.29, 0.717) is 33.7 Å². The zero-order valence-electron chi connectivity index (χ0n) is 78.4. The third-order valence-corrected chi connectivity index (χ3v) is 27.5. The molecule has 51 heteroatoms. The molecule has 11 rings (SSSR count). The smallest absolute Gasteiger partial charge is 0.305 e. The average Bonchev–Trinajstić information content (AvgIpc) is 1.52. The van der Waals surface area contributed by atoms with Gasteiger partial charge in [-0.3, -0.25) is 110 Å². The largest absolute Gasteiger partial charge is 0.508 e. The number of hydrogen-bond donors (Lipinski definition) is 22. The van der Waals surface area contributed by atoms with Crippen molar-refractivity contribution < 1.29 is 136 Å². The van der Waals surface area contributed by atoms with Crippen molar-refractivity contribution in [2.24, 2.45) is 33.4 Å². The van der Waals surface area contributed by atoms with Crippen LogP contribution in [0.5, 0.6) is 5.75 Å². The quantitative estimate of drug-likeness (QED) is 0.0345. The number of aromatic hydroxyl groups is 1. The van der Waals surface area contributed by atoms with Crippen molar-refractivity contribution in [3.05, 3.63) is 114 Å². The van der Waals surface area contributed by atoms with Crippen LogP contribution in [0.1, 0.15) is 103 Å². The summed E-state index contributed by atoms with van der Waals surface area (Å²) in [5, 5.41) is 85.9. The molecular formula is C91H118N20O28S3. The number of carbonyl (C=O) groups excluding carboxylic acids is 19. The van der Waals surface area contributed by atoms with Crippen LogP contribution in [0.3, 0.4) is 0 Å². The van der Waals surface area contributed by atoms with Gasteiger partial charge in [0.1, 0.15) is 90.3 Å². The molecule has 7 aliphatic rings. The number of hydrogen-bond acceptors (Lipinski definition) is 28. The SMILES string of the molecule is C[C@H](N)C(=O)N[C@H]1CSCC(=O)N2CC34CN5CC3(C2)CN(C4)C(=O)CSC[C@@H](NC(=O)[C@@H](C)NC(=O)[C@H](Cc2cccc3ccccc23)NC(=O)[C@H](CCC(=O)O)NC(=O)[C@H](CC(N)=O)NC(=O)[C@@H](C)NC1=O)C(=O)N[C@@H](CCC(=O)O)C(=O)N[C@@H](CC(=O)O)C(=O)N[C@@H](Cc1ccccc1)C(=O)N[C@@H](Cc1ccc(O)cc1)C(=O)N[C@@H](CC(=O)O)C(=O)N[C@@H](C(C)(C)C)C(=O)N[C@H](C(N)=O)CSCC5=O. The minimum atomic E-state index is -2.28. The van der Waals surface area contributed by atoms with E-state index in [2.05, 4.69) is 74.4 Å². The van der Waals surface area contributed by atoms with E-state index in [1.165, 1.54) is 90.9 Å². The lowest BCUT2D eigenvalue weighted by Gasteiger charge is -2.33. The van der Waals surface area contributed by atoms with Crippen LogP contribution >= 0.6 is 35.3 Å². The lowest BCUT2D eigenvalue weighted by atomic mass is 9.71. The molecule has 7 heterocycles. The summed E-state index contributed by atoms with van der Waals surface area (Å²) < 4.78 is 0. The molecule has 6 bridgehead atoms. The summed E-state index contributed by atoms with van der Waals surface area (Å²) in [4.78, 5) is 331. The Hall–Kier alpha value is -14.2. The third kappa shape index (κ3) is 31.4. The Kier molecular flexibility index (Phi) is 39.4. The number of phenols is 1. The minimum Gasteiger partial charge on any atom is -0.508 e. The van der Waals surface area contributed by atoms with E-state index in [4.69, 9.17) is 17.2 Å². The first-order valence-electron chi connectivity index (χ1n) is 45.2. The molecule has 2 spiro atoms. The highest BCUT2D eigenvalue weighted by Crippen LogP contribution is 2.57. The minimum absolute atomic E-state index is 0.147. The molecular weight excluding hydrogens is 1920 g/mol. The zero-order valence-corrected chi connectivity index (χ0v) is 80.8. The fraction of sp³-hybridized carbons (Fsp3) is 0.505. The number of carboxylic acids is 4. The average molecular weight is 2040 g/mol. The Balaban J connectivity index is 1.14. The van der Waals surface area contributed by atoms with Crippen LogP contribution in [-0.2, 0) is 130 Å². The number of nitrogens with two attached hydrogens (primary N) is 3. The van der Waals surface area contributed by atoms with E-state index in [-0.39, 0.29) is 56.3 Å². The number of aliphatic carboxylic acids is 4. The van der Waals surface area contributed by atoms with E-state index in [1.54, 1.807) is 48.5 Å². The van der Waals surface area contributed by atoms with Crippen LogP contribution in [0.25, 0.3) is 10.8 Å². The second-order valence-corrected chi connectivity index (χ2v) is 39.7. The Labute approximate surface area is 825 Å². The maximum atomic E-state index is 15.4. The van der Waals surface area contributed by atoms with Gasteiger partial charge in [-0.15, -0.1) is 35.3 Å². The lowest BCUT2D eigenvalue weighted by molar-refractivity contribution is -0.142. The van der Waals surface area contributed by atoms with E-state index >= 15 is 28.8 Å².